The molecule has 40 heavy (non-hydrogen) atoms. The number of pyridine rings is 1. The number of ether oxygens (including phenoxy) is 1. The van der Waals surface area contributed by atoms with Crippen LogP contribution < -0.4 is 15.0 Å². The van der Waals surface area contributed by atoms with Gasteiger partial charge in [0.2, 0.25) is 5.91 Å². The number of carbonyl (C=O) groups is 2. The number of amides is 3. The van der Waals surface area contributed by atoms with Crippen LogP contribution in [0, 0.1) is 0 Å². The Morgan fingerprint density at radius 2 is 1.82 bits per heavy atom. The lowest BCUT2D eigenvalue weighted by molar-refractivity contribution is -0.120. The summed E-state index contributed by atoms with van der Waals surface area (Å²) in [6, 6.07) is 11.6. The zero-order chi connectivity index (χ0) is 27.6. The summed E-state index contributed by atoms with van der Waals surface area (Å²) in [5.41, 5.74) is 3.76. The number of hydrogen-bond acceptors (Lipinski definition) is 7. The monoisotopic (exact) mass is 544 g/mol. The van der Waals surface area contributed by atoms with Crippen LogP contribution in [0.25, 0.3) is 11.5 Å². The SMILES string of the molecule is Cn1c(N2CCC(=O)NC2=O)cnc1-c1ccc2c(n1)[C@H](CO)N(Cc1ccc(OC3CCCCCC3)cc1)C2. The van der Waals surface area contributed by atoms with Crippen molar-refractivity contribution in [2.24, 2.45) is 7.05 Å². The average molecular weight is 545 g/mol. The molecule has 3 aliphatic rings. The van der Waals surface area contributed by atoms with Crippen LogP contribution in [0.4, 0.5) is 10.6 Å². The highest BCUT2D eigenvalue weighted by Gasteiger charge is 2.32. The summed E-state index contributed by atoms with van der Waals surface area (Å²) in [5.74, 6) is 1.85. The number of rotatable bonds is 7. The van der Waals surface area contributed by atoms with Gasteiger partial charge >= 0.3 is 6.03 Å². The average Bonchev–Trinajstić information content (AvgIpc) is 3.38. The van der Waals surface area contributed by atoms with E-state index in [1.54, 1.807) is 6.20 Å². The standard InChI is InChI=1S/C30H36N6O4/c1-34-27(36-15-14-26(38)33-30(36)39)16-31-29(34)24-13-10-21-18-35(25(19-37)28(21)32-24)17-20-8-11-23(12-9-20)40-22-6-4-2-3-5-7-22/h8-13,16,22,25,37H,2-7,14-15,17-19H2,1H3,(H,33,38,39)/t25-/m0/s1. The molecule has 0 bridgehead atoms. The highest BCUT2D eigenvalue weighted by Crippen LogP contribution is 2.35. The van der Waals surface area contributed by atoms with Gasteiger partial charge in [0.05, 0.1) is 30.6 Å². The van der Waals surface area contributed by atoms with E-state index in [-0.39, 0.29) is 25.0 Å². The summed E-state index contributed by atoms with van der Waals surface area (Å²) in [5, 5.41) is 12.7. The maximum atomic E-state index is 12.3. The minimum Gasteiger partial charge on any atom is -0.490 e. The van der Waals surface area contributed by atoms with Gasteiger partial charge in [-0.2, -0.15) is 0 Å². The van der Waals surface area contributed by atoms with Crippen molar-refractivity contribution in [1.82, 2.24) is 24.8 Å². The van der Waals surface area contributed by atoms with Crippen molar-refractivity contribution in [2.45, 2.75) is 70.2 Å². The third kappa shape index (κ3) is 5.33. The Kier molecular flexibility index (Phi) is 7.53. The molecule has 0 unspecified atom stereocenters. The fraction of sp³-hybridized carbons (Fsp3) is 0.467. The van der Waals surface area contributed by atoms with Crippen LogP contribution >= 0.6 is 0 Å². The van der Waals surface area contributed by atoms with Crippen molar-refractivity contribution < 1.29 is 19.4 Å². The minimum atomic E-state index is -0.451. The number of imidazole rings is 1. The summed E-state index contributed by atoms with van der Waals surface area (Å²) in [7, 11) is 1.83. The Bertz CT molecular complexity index is 1380. The number of hydrogen-bond donors (Lipinski definition) is 2. The van der Waals surface area contributed by atoms with Gasteiger partial charge in [-0.1, -0.05) is 31.0 Å². The zero-order valence-corrected chi connectivity index (χ0v) is 22.9. The predicted molar refractivity (Wildman–Crippen MR) is 150 cm³/mol. The fourth-order valence-electron chi connectivity index (χ4n) is 6.05. The molecule has 4 heterocycles. The number of benzene rings is 1. The highest BCUT2D eigenvalue weighted by molar-refractivity contribution is 6.05. The van der Waals surface area contributed by atoms with E-state index in [1.165, 1.54) is 30.6 Å². The topological polar surface area (TPSA) is 113 Å². The second-order valence-electron chi connectivity index (χ2n) is 11.0. The highest BCUT2D eigenvalue weighted by atomic mass is 16.5. The minimum absolute atomic E-state index is 0.0415. The van der Waals surface area contributed by atoms with Crippen molar-refractivity contribution >= 4 is 17.8 Å². The van der Waals surface area contributed by atoms with Gasteiger partial charge in [-0.05, 0) is 55.0 Å². The van der Waals surface area contributed by atoms with Crippen LogP contribution in [-0.2, 0) is 24.9 Å². The molecule has 1 saturated heterocycles. The van der Waals surface area contributed by atoms with Gasteiger partial charge in [-0.15, -0.1) is 0 Å². The Balaban J connectivity index is 1.15. The van der Waals surface area contributed by atoms with E-state index in [0.717, 1.165) is 35.4 Å². The van der Waals surface area contributed by atoms with Gasteiger partial charge < -0.3 is 14.4 Å². The van der Waals surface area contributed by atoms with Crippen LogP contribution in [0.2, 0.25) is 0 Å². The smallest absolute Gasteiger partial charge is 0.329 e. The molecule has 1 saturated carbocycles. The quantitative estimate of drug-likeness (QED) is 0.431. The molecule has 10 heteroatoms. The zero-order valence-electron chi connectivity index (χ0n) is 22.9. The number of aliphatic hydroxyl groups is 1. The number of imide groups is 1. The van der Waals surface area contributed by atoms with E-state index >= 15 is 0 Å². The molecule has 2 fully saturated rings. The first kappa shape index (κ1) is 26.5. The number of aliphatic hydroxyl groups excluding tert-OH is 1. The van der Waals surface area contributed by atoms with Crippen LogP contribution in [0.15, 0.2) is 42.6 Å². The lowest BCUT2D eigenvalue weighted by Crippen LogP contribution is -2.50. The number of fused-ring (bicyclic) bond motifs is 1. The molecule has 0 spiro atoms. The Morgan fingerprint density at radius 3 is 2.55 bits per heavy atom. The molecular weight excluding hydrogens is 508 g/mol. The van der Waals surface area contributed by atoms with Crippen LogP contribution in [0.3, 0.4) is 0 Å². The lowest BCUT2D eigenvalue weighted by atomic mass is 10.1. The second kappa shape index (κ2) is 11.4. The van der Waals surface area contributed by atoms with Crippen LogP contribution in [-0.4, -0.2) is 55.7 Å². The fourth-order valence-corrected chi connectivity index (χ4v) is 6.05. The first-order valence-electron chi connectivity index (χ1n) is 14.2. The third-order valence-electron chi connectivity index (χ3n) is 8.25. The van der Waals surface area contributed by atoms with E-state index in [1.807, 2.05) is 23.7 Å². The molecule has 2 aliphatic heterocycles. The van der Waals surface area contributed by atoms with Crippen molar-refractivity contribution in [3.8, 4) is 17.3 Å². The third-order valence-corrected chi connectivity index (χ3v) is 8.25. The number of aromatic nitrogens is 3. The molecule has 3 aromatic rings. The van der Waals surface area contributed by atoms with Gasteiger partial charge in [0.25, 0.3) is 0 Å². The number of carbonyl (C=O) groups excluding carboxylic acids is 2. The number of anilines is 1. The molecular formula is C30H36N6O4. The molecule has 2 N–H and O–H groups in total. The van der Waals surface area contributed by atoms with E-state index in [9.17, 15) is 14.7 Å². The molecule has 210 valence electrons. The van der Waals surface area contributed by atoms with Crippen LogP contribution in [0.1, 0.15) is 67.8 Å². The van der Waals surface area contributed by atoms with Gasteiger partial charge in [0.15, 0.2) is 5.82 Å². The summed E-state index contributed by atoms with van der Waals surface area (Å²) < 4.78 is 8.07. The first-order chi connectivity index (χ1) is 19.5. The van der Waals surface area contributed by atoms with E-state index in [4.69, 9.17) is 9.72 Å². The second-order valence-corrected chi connectivity index (χ2v) is 11.0. The number of urea groups is 1. The van der Waals surface area contributed by atoms with Gasteiger partial charge in [0.1, 0.15) is 17.3 Å². The predicted octanol–water partition coefficient (Wildman–Crippen LogP) is 4.08. The lowest BCUT2D eigenvalue weighted by Gasteiger charge is -2.26. The molecule has 1 aliphatic carbocycles. The largest absolute Gasteiger partial charge is 0.490 e. The van der Waals surface area contributed by atoms with Gasteiger partial charge in [-0.25, -0.2) is 14.8 Å². The summed E-state index contributed by atoms with van der Waals surface area (Å²) >= 11 is 0. The van der Waals surface area contributed by atoms with Crippen molar-refractivity contribution in [1.29, 1.82) is 0 Å². The maximum Gasteiger partial charge on any atom is 0.329 e. The summed E-state index contributed by atoms with van der Waals surface area (Å²) in [4.78, 5) is 37.1. The molecule has 1 atom stereocenters. The van der Waals surface area contributed by atoms with Crippen LogP contribution in [0.5, 0.6) is 5.75 Å². The Hall–Kier alpha value is -3.76. The van der Waals surface area contributed by atoms with Crippen molar-refractivity contribution in [2.75, 3.05) is 18.1 Å². The molecule has 6 rings (SSSR count). The molecule has 0 radical (unpaired) electrons. The summed E-state index contributed by atoms with van der Waals surface area (Å²) in [6.07, 6.45) is 9.56. The van der Waals surface area contributed by atoms with E-state index in [0.29, 0.717) is 43.1 Å². The van der Waals surface area contributed by atoms with Crippen molar-refractivity contribution in [3.05, 3.63) is 59.4 Å². The molecule has 10 nitrogen and oxygen atoms in total. The number of nitrogens with zero attached hydrogens (tertiary/aromatic N) is 5. The molecule has 3 amide bonds. The Morgan fingerprint density at radius 1 is 1.05 bits per heavy atom. The maximum absolute atomic E-state index is 12.3. The number of nitrogens with one attached hydrogen (secondary N) is 1. The Labute approximate surface area is 234 Å². The summed E-state index contributed by atoms with van der Waals surface area (Å²) in [6.45, 7) is 1.65. The van der Waals surface area contributed by atoms with Crippen molar-refractivity contribution in [3.63, 3.8) is 0 Å². The first-order valence-corrected chi connectivity index (χ1v) is 14.2. The van der Waals surface area contributed by atoms with E-state index in [2.05, 4.69) is 39.5 Å². The van der Waals surface area contributed by atoms with Gasteiger partial charge in [0, 0.05) is 33.1 Å². The van der Waals surface area contributed by atoms with Gasteiger partial charge in [-0.3, -0.25) is 19.9 Å². The molecule has 2 aromatic heterocycles. The molecule has 1 aromatic carbocycles. The normalized spacial score (nSPS) is 20.4. The van der Waals surface area contributed by atoms with E-state index < -0.39 is 6.03 Å².